The van der Waals surface area contributed by atoms with Gasteiger partial charge in [0.25, 0.3) is 5.91 Å². The van der Waals surface area contributed by atoms with Crippen molar-refractivity contribution in [2.24, 2.45) is 0 Å². The second kappa shape index (κ2) is 7.02. The molecule has 1 aromatic heterocycles. The number of aromatic amines is 1. The Kier molecular flexibility index (Phi) is 4.57. The average Bonchev–Trinajstić information content (AvgIpc) is 2.87. The van der Waals surface area contributed by atoms with Crippen LogP contribution in [0.25, 0.3) is 0 Å². The number of aromatic nitrogens is 2. The molecule has 0 spiro atoms. The lowest BCUT2D eigenvalue weighted by Crippen LogP contribution is -2.48. The molecule has 0 fully saturated rings. The number of nitrogens with one attached hydrogen (secondary N) is 1. The van der Waals surface area contributed by atoms with Gasteiger partial charge in [0.2, 0.25) is 0 Å². The van der Waals surface area contributed by atoms with Gasteiger partial charge in [0.05, 0.1) is 24.5 Å². The van der Waals surface area contributed by atoms with Crippen LogP contribution in [-0.4, -0.2) is 47.7 Å². The molecule has 1 amide bonds. The van der Waals surface area contributed by atoms with E-state index in [1.165, 1.54) is 30.5 Å². The van der Waals surface area contributed by atoms with Gasteiger partial charge in [-0.05, 0) is 43.4 Å². The van der Waals surface area contributed by atoms with Gasteiger partial charge in [-0.15, -0.1) is 0 Å². The van der Waals surface area contributed by atoms with E-state index in [-0.39, 0.29) is 5.91 Å². The van der Waals surface area contributed by atoms with Crippen LogP contribution in [0.3, 0.4) is 0 Å². The number of ether oxygens (including phenoxy) is 1. The Labute approximate surface area is 154 Å². The number of H-pyrrole nitrogens is 1. The first-order valence-corrected chi connectivity index (χ1v) is 9.40. The molecule has 138 valence electrons. The fourth-order valence-electron chi connectivity index (χ4n) is 3.94. The highest BCUT2D eigenvalue weighted by Crippen LogP contribution is 2.32. The fourth-order valence-corrected chi connectivity index (χ4v) is 3.94. The lowest BCUT2D eigenvalue weighted by molar-refractivity contribution is -0.137. The SMILES string of the molecule is CN(Cc1n[nH]c2c1CCCCC2)C(=O)[C@H]1CN(C)c2ccccc2O1. The van der Waals surface area contributed by atoms with Crippen molar-refractivity contribution < 1.29 is 9.53 Å². The van der Waals surface area contributed by atoms with Crippen LogP contribution in [0.4, 0.5) is 5.69 Å². The number of carbonyl (C=O) groups is 1. The van der Waals surface area contributed by atoms with Gasteiger partial charge >= 0.3 is 0 Å². The van der Waals surface area contributed by atoms with E-state index < -0.39 is 6.10 Å². The van der Waals surface area contributed by atoms with Crippen LogP contribution in [-0.2, 0) is 24.2 Å². The van der Waals surface area contributed by atoms with Crippen molar-refractivity contribution in [2.45, 2.75) is 44.8 Å². The van der Waals surface area contributed by atoms with Gasteiger partial charge in [-0.2, -0.15) is 5.10 Å². The third-order valence-corrected chi connectivity index (χ3v) is 5.42. The third-order valence-electron chi connectivity index (χ3n) is 5.42. The number of hydrogen-bond donors (Lipinski definition) is 1. The maximum absolute atomic E-state index is 13.0. The number of amides is 1. The molecule has 1 aromatic carbocycles. The summed E-state index contributed by atoms with van der Waals surface area (Å²) in [5, 5.41) is 7.67. The maximum Gasteiger partial charge on any atom is 0.265 e. The fraction of sp³-hybridized carbons (Fsp3) is 0.500. The first-order chi connectivity index (χ1) is 12.6. The Hall–Kier alpha value is -2.50. The number of rotatable bonds is 3. The number of hydrogen-bond acceptors (Lipinski definition) is 4. The number of aryl methyl sites for hydroxylation is 1. The summed E-state index contributed by atoms with van der Waals surface area (Å²) in [5.41, 5.74) is 4.59. The highest BCUT2D eigenvalue weighted by molar-refractivity contribution is 5.83. The quantitative estimate of drug-likeness (QED) is 0.861. The van der Waals surface area contributed by atoms with E-state index in [1.54, 1.807) is 4.90 Å². The minimum atomic E-state index is -0.488. The Bertz CT molecular complexity index is 801. The molecule has 1 aliphatic heterocycles. The van der Waals surface area contributed by atoms with E-state index in [0.717, 1.165) is 30.0 Å². The van der Waals surface area contributed by atoms with Gasteiger partial charge < -0.3 is 14.5 Å². The van der Waals surface area contributed by atoms with Crippen molar-refractivity contribution in [1.82, 2.24) is 15.1 Å². The topological polar surface area (TPSA) is 61.5 Å². The average molecular weight is 354 g/mol. The molecule has 1 aliphatic carbocycles. The molecule has 0 radical (unpaired) electrons. The van der Waals surface area contributed by atoms with Crippen molar-refractivity contribution in [3.63, 3.8) is 0 Å². The summed E-state index contributed by atoms with van der Waals surface area (Å²) in [7, 11) is 3.83. The van der Waals surface area contributed by atoms with E-state index in [2.05, 4.69) is 15.1 Å². The molecule has 1 N–H and O–H groups in total. The van der Waals surface area contributed by atoms with Gasteiger partial charge in [-0.3, -0.25) is 9.89 Å². The standard InChI is InChI=1S/C20H26N4O2/c1-23-13-19(26-18-11-7-6-10-17(18)23)20(25)24(2)12-16-14-8-4-3-5-9-15(14)21-22-16/h6-7,10-11,19H,3-5,8-9,12-13H2,1-2H3,(H,21,22)/t19-/m1/s1. The molecular formula is C20H26N4O2. The van der Waals surface area contributed by atoms with Crippen molar-refractivity contribution in [1.29, 1.82) is 0 Å². The van der Waals surface area contributed by atoms with E-state index >= 15 is 0 Å². The Morgan fingerprint density at radius 2 is 2.12 bits per heavy atom. The van der Waals surface area contributed by atoms with Crippen LogP contribution in [0, 0.1) is 0 Å². The Morgan fingerprint density at radius 3 is 3.00 bits per heavy atom. The van der Waals surface area contributed by atoms with Crippen LogP contribution >= 0.6 is 0 Å². The number of carbonyl (C=O) groups excluding carboxylic acids is 1. The normalized spacial score (nSPS) is 19.2. The summed E-state index contributed by atoms with van der Waals surface area (Å²) >= 11 is 0. The minimum absolute atomic E-state index is 0.00303. The highest BCUT2D eigenvalue weighted by atomic mass is 16.5. The monoisotopic (exact) mass is 354 g/mol. The van der Waals surface area contributed by atoms with E-state index in [4.69, 9.17) is 4.74 Å². The molecule has 0 unspecified atom stereocenters. The van der Waals surface area contributed by atoms with Crippen LogP contribution in [0.2, 0.25) is 0 Å². The summed E-state index contributed by atoms with van der Waals surface area (Å²) in [6, 6.07) is 7.84. The number of anilines is 1. The largest absolute Gasteiger partial charge is 0.477 e. The molecule has 26 heavy (non-hydrogen) atoms. The zero-order chi connectivity index (χ0) is 18.1. The maximum atomic E-state index is 13.0. The Morgan fingerprint density at radius 1 is 1.31 bits per heavy atom. The van der Waals surface area contributed by atoms with Crippen molar-refractivity contribution in [3.05, 3.63) is 41.2 Å². The lowest BCUT2D eigenvalue weighted by atomic mass is 10.1. The lowest BCUT2D eigenvalue weighted by Gasteiger charge is -2.34. The summed E-state index contributed by atoms with van der Waals surface area (Å²) in [6.07, 6.45) is 5.30. The van der Waals surface area contributed by atoms with Crippen molar-refractivity contribution in [2.75, 3.05) is 25.5 Å². The summed E-state index contributed by atoms with van der Waals surface area (Å²) in [4.78, 5) is 16.8. The van der Waals surface area contributed by atoms with Crippen LogP contribution < -0.4 is 9.64 Å². The number of likely N-dealkylation sites (N-methyl/N-ethyl adjacent to an activating group) is 2. The van der Waals surface area contributed by atoms with Gasteiger partial charge in [-0.25, -0.2) is 0 Å². The first-order valence-electron chi connectivity index (χ1n) is 9.40. The first kappa shape index (κ1) is 16.9. The molecule has 4 rings (SSSR count). The minimum Gasteiger partial charge on any atom is -0.477 e. The number of fused-ring (bicyclic) bond motifs is 2. The molecule has 0 saturated heterocycles. The van der Waals surface area contributed by atoms with E-state index in [0.29, 0.717) is 13.1 Å². The van der Waals surface area contributed by atoms with E-state index in [1.807, 2.05) is 38.4 Å². The van der Waals surface area contributed by atoms with Gasteiger partial charge in [0.1, 0.15) is 5.75 Å². The molecule has 2 aromatic rings. The van der Waals surface area contributed by atoms with Gasteiger partial charge in [0.15, 0.2) is 6.10 Å². The molecule has 6 heteroatoms. The van der Waals surface area contributed by atoms with Crippen molar-refractivity contribution >= 4 is 11.6 Å². The number of benzene rings is 1. The second-order valence-corrected chi connectivity index (χ2v) is 7.34. The second-order valence-electron chi connectivity index (χ2n) is 7.34. The highest BCUT2D eigenvalue weighted by Gasteiger charge is 2.31. The van der Waals surface area contributed by atoms with Crippen LogP contribution in [0.1, 0.15) is 36.2 Å². The molecule has 2 heterocycles. The molecule has 6 nitrogen and oxygen atoms in total. The smallest absolute Gasteiger partial charge is 0.265 e. The predicted octanol–water partition coefficient (Wildman–Crippen LogP) is 2.53. The number of nitrogens with zero attached hydrogens (tertiary/aromatic N) is 3. The van der Waals surface area contributed by atoms with E-state index in [9.17, 15) is 4.79 Å². The van der Waals surface area contributed by atoms with Crippen molar-refractivity contribution in [3.8, 4) is 5.75 Å². The summed E-state index contributed by atoms with van der Waals surface area (Å²) < 4.78 is 5.98. The summed E-state index contributed by atoms with van der Waals surface area (Å²) in [5.74, 6) is 0.762. The molecule has 0 bridgehead atoms. The molecule has 2 aliphatic rings. The molecule has 1 atom stereocenters. The molecule has 0 saturated carbocycles. The zero-order valence-electron chi connectivity index (χ0n) is 15.5. The molecular weight excluding hydrogens is 328 g/mol. The zero-order valence-corrected chi connectivity index (χ0v) is 15.5. The predicted molar refractivity (Wildman–Crippen MR) is 100 cm³/mol. The van der Waals surface area contributed by atoms with Crippen LogP contribution in [0.15, 0.2) is 24.3 Å². The number of para-hydroxylation sites is 2. The van der Waals surface area contributed by atoms with Gasteiger partial charge in [-0.1, -0.05) is 18.6 Å². The Balaban J connectivity index is 1.47. The third kappa shape index (κ3) is 3.16. The van der Waals surface area contributed by atoms with Crippen LogP contribution in [0.5, 0.6) is 5.75 Å². The van der Waals surface area contributed by atoms with Gasteiger partial charge in [0, 0.05) is 19.8 Å². The summed E-state index contributed by atoms with van der Waals surface area (Å²) in [6.45, 7) is 1.08.